The predicted octanol–water partition coefficient (Wildman–Crippen LogP) is 7.39. The lowest BCUT2D eigenvalue weighted by Gasteiger charge is -2.13. The zero-order valence-corrected chi connectivity index (χ0v) is 26.5. The molecular weight excluding hydrogens is 540 g/mol. The summed E-state index contributed by atoms with van der Waals surface area (Å²) in [7, 11) is 2.83. The van der Waals surface area contributed by atoms with E-state index < -0.39 is 0 Å². The van der Waals surface area contributed by atoms with E-state index in [9.17, 15) is 9.59 Å². The molecule has 0 fully saturated rings. The molecular formula is C35H42N4O4. The highest BCUT2D eigenvalue weighted by molar-refractivity contribution is 5.91. The Morgan fingerprint density at radius 1 is 0.721 bits per heavy atom. The van der Waals surface area contributed by atoms with Gasteiger partial charge in [-0.3, -0.25) is 14.6 Å². The minimum atomic E-state index is -0.251. The number of esters is 2. The molecule has 8 bridgehead atoms. The number of carbonyl (C=O) groups excluding carboxylic acids is 2. The van der Waals surface area contributed by atoms with Crippen molar-refractivity contribution in [3.63, 3.8) is 0 Å². The van der Waals surface area contributed by atoms with Crippen LogP contribution in [-0.4, -0.2) is 46.1 Å². The van der Waals surface area contributed by atoms with Crippen LogP contribution in [0.25, 0.3) is 33.2 Å². The second-order valence-electron chi connectivity index (χ2n) is 11.7. The molecule has 0 amide bonds. The predicted molar refractivity (Wildman–Crippen MR) is 171 cm³/mol. The summed E-state index contributed by atoms with van der Waals surface area (Å²) in [5.74, 6) is 0.0550. The number of hydrogen-bond donors (Lipinski definition) is 2. The smallest absolute Gasteiger partial charge is 0.305 e. The molecule has 226 valence electrons. The van der Waals surface area contributed by atoms with E-state index in [0.717, 1.165) is 84.7 Å². The van der Waals surface area contributed by atoms with Gasteiger partial charge in [-0.2, -0.15) is 0 Å². The quantitative estimate of drug-likeness (QED) is 0.281. The number of carbonyl (C=O) groups is 2. The van der Waals surface area contributed by atoms with Crippen LogP contribution >= 0.6 is 0 Å². The first-order valence-corrected chi connectivity index (χ1v) is 15.1. The van der Waals surface area contributed by atoms with Crippen LogP contribution in [0.2, 0.25) is 0 Å². The molecule has 8 heteroatoms. The highest BCUT2D eigenvalue weighted by atomic mass is 16.5. The second kappa shape index (κ2) is 12.2. The SMILES string of the molecule is CCC1c2cc3nc(cc4[nH]c(cc5[nH]c(cc(n2)C1C)c(C)c5CCC(=O)OC)c(CCC(=O)OC)c4C)C(C)=C3C. The largest absolute Gasteiger partial charge is 0.469 e. The number of nitrogens with zero attached hydrogens (tertiary/aromatic N) is 2. The molecule has 0 radical (unpaired) electrons. The van der Waals surface area contributed by atoms with E-state index in [1.54, 1.807) is 0 Å². The maximum atomic E-state index is 12.2. The van der Waals surface area contributed by atoms with Crippen LogP contribution in [0.15, 0.2) is 24.3 Å². The van der Waals surface area contributed by atoms with Gasteiger partial charge in [0.05, 0.1) is 25.6 Å². The molecule has 2 aliphatic rings. The van der Waals surface area contributed by atoms with Crippen molar-refractivity contribution >= 4 is 45.2 Å². The Labute approximate surface area is 253 Å². The first kappa shape index (κ1) is 30.3. The minimum absolute atomic E-state index is 0.247. The van der Waals surface area contributed by atoms with Crippen molar-refractivity contribution in [1.82, 2.24) is 19.9 Å². The van der Waals surface area contributed by atoms with Crippen molar-refractivity contribution in [3.8, 4) is 0 Å². The Morgan fingerprint density at radius 3 is 1.74 bits per heavy atom. The number of rotatable bonds is 7. The van der Waals surface area contributed by atoms with Crippen LogP contribution in [-0.2, 0) is 31.9 Å². The number of H-pyrrole nitrogens is 2. The molecule has 5 heterocycles. The van der Waals surface area contributed by atoms with Gasteiger partial charge in [0.1, 0.15) is 0 Å². The average Bonchev–Trinajstić information content (AvgIpc) is 3.64. The van der Waals surface area contributed by atoms with Gasteiger partial charge in [0.25, 0.3) is 0 Å². The fraction of sp³-hybridized carbons (Fsp3) is 0.429. The van der Waals surface area contributed by atoms with Gasteiger partial charge < -0.3 is 19.4 Å². The summed E-state index contributed by atoms with van der Waals surface area (Å²) in [6, 6.07) is 8.52. The normalized spacial score (nSPS) is 16.5. The molecule has 0 aliphatic carbocycles. The average molecular weight is 583 g/mol. The molecule has 3 aromatic heterocycles. The van der Waals surface area contributed by atoms with Crippen LogP contribution in [0.3, 0.4) is 0 Å². The Morgan fingerprint density at radius 2 is 1.23 bits per heavy atom. The van der Waals surface area contributed by atoms with Crippen molar-refractivity contribution in [2.75, 3.05) is 14.2 Å². The Bertz CT molecular complexity index is 1790. The van der Waals surface area contributed by atoms with Crippen molar-refractivity contribution in [2.24, 2.45) is 0 Å². The number of aromatic nitrogens is 4. The molecule has 2 atom stereocenters. The van der Waals surface area contributed by atoms with Gasteiger partial charge in [-0.25, -0.2) is 4.98 Å². The van der Waals surface area contributed by atoms with Gasteiger partial charge in [-0.05, 0) is 105 Å². The molecule has 0 aromatic carbocycles. The van der Waals surface area contributed by atoms with E-state index in [2.05, 4.69) is 75.8 Å². The molecule has 2 unspecified atom stereocenters. The molecule has 0 saturated carbocycles. The summed E-state index contributed by atoms with van der Waals surface area (Å²) in [6.45, 7) is 12.9. The minimum Gasteiger partial charge on any atom is -0.469 e. The third kappa shape index (κ3) is 5.75. The van der Waals surface area contributed by atoms with Gasteiger partial charge >= 0.3 is 11.9 Å². The number of aryl methyl sites for hydroxylation is 4. The fourth-order valence-corrected chi connectivity index (χ4v) is 6.39. The van der Waals surface area contributed by atoms with Crippen molar-refractivity contribution in [1.29, 1.82) is 0 Å². The summed E-state index contributed by atoms with van der Waals surface area (Å²) in [6.07, 6.45) is 2.60. The lowest BCUT2D eigenvalue weighted by molar-refractivity contribution is -0.141. The number of fused-ring (bicyclic) bond motifs is 8. The number of ether oxygens (including phenoxy) is 2. The maximum Gasteiger partial charge on any atom is 0.305 e. The number of hydrogen-bond acceptors (Lipinski definition) is 6. The third-order valence-electron chi connectivity index (χ3n) is 9.38. The lowest BCUT2D eigenvalue weighted by Crippen LogP contribution is -2.02. The highest BCUT2D eigenvalue weighted by Gasteiger charge is 2.28. The fourth-order valence-electron chi connectivity index (χ4n) is 6.39. The van der Waals surface area contributed by atoms with Crippen LogP contribution < -0.4 is 0 Å². The summed E-state index contributed by atoms with van der Waals surface area (Å²) in [5, 5.41) is 0. The van der Waals surface area contributed by atoms with Crippen LogP contribution in [0.4, 0.5) is 0 Å². The molecule has 2 N–H and O–H groups in total. The Kier molecular flexibility index (Phi) is 8.58. The third-order valence-corrected chi connectivity index (χ3v) is 9.38. The second-order valence-corrected chi connectivity index (χ2v) is 11.7. The monoisotopic (exact) mass is 582 g/mol. The molecule has 5 rings (SSSR count). The molecule has 3 aromatic rings. The van der Waals surface area contributed by atoms with Gasteiger partial charge in [0.15, 0.2) is 0 Å². The number of methoxy groups -OCH3 is 2. The summed E-state index contributed by atoms with van der Waals surface area (Å²) >= 11 is 0. The Balaban J connectivity index is 1.88. The van der Waals surface area contributed by atoms with Crippen LogP contribution in [0.5, 0.6) is 0 Å². The van der Waals surface area contributed by atoms with E-state index in [1.165, 1.54) is 14.2 Å². The first-order chi connectivity index (χ1) is 20.6. The number of aromatic amines is 2. The topological polar surface area (TPSA) is 110 Å². The maximum absolute atomic E-state index is 12.2. The Hall–Kier alpha value is -4.20. The molecule has 0 spiro atoms. The van der Waals surface area contributed by atoms with Crippen LogP contribution in [0.1, 0.15) is 104 Å². The van der Waals surface area contributed by atoms with Crippen molar-refractivity contribution in [3.05, 3.63) is 69.3 Å². The first-order valence-electron chi connectivity index (χ1n) is 15.1. The zero-order valence-electron chi connectivity index (χ0n) is 26.5. The summed E-state index contributed by atoms with van der Waals surface area (Å²) in [5.41, 5.74) is 14.3. The summed E-state index contributed by atoms with van der Waals surface area (Å²) in [4.78, 5) is 41.8. The van der Waals surface area contributed by atoms with Gasteiger partial charge in [-0.1, -0.05) is 13.8 Å². The molecule has 2 aliphatic heterocycles. The van der Waals surface area contributed by atoms with Gasteiger partial charge in [0, 0.05) is 58.1 Å². The van der Waals surface area contributed by atoms with Crippen molar-refractivity contribution in [2.45, 2.75) is 85.5 Å². The van der Waals surface area contributed by atoms with Crippen LogP contribution in [0, 0.1) is 13.8 Å². The molecule has 43 heavy (non-hydrogen) atoms. The summed E-state index contributed by atoms with van der Waals surface area (Å²) < 4.78 is 9.91. The van der Waals surface area contributed by atoms with E-state index in [0.29, 0.717) is 18.8 Å². The number of allylic oxidation sites excluding steroid dienone is 2. The van der Waals surface area contributed by atoms with E-state index in [-0.39, 0.29) is 30.7 Å². The van der Waals surface area contributed by atoms with E-state index >= 15 is 0 Å². The highest BCUT2D eigenvalue weighted by Crippen LogP contribution is 2.40. The van der Waals surface area contributed by atoms with Gasteiger partial charge in [0.2, 0.25) is 0 Å². The van der Waals surface area contributed by atoms with E-state index in [4.69, 9.17) is 19.4 Å². The molecule has 0 saturated heterocycles. The standard InChI is InChI=1S/C35H42N4O4/c1-9-23-20(4)28-15-30-22(6)25(11-13-35(41)43-8)33(39-30)17-32-24(10-12-34(40)42-7)21(5)29(38-32)14-26-18(2)19(3)27(36-26)16-31(23)37-28/h14-17,20,23,38-39H,9-13H2,1-8H3. The zero-order chi connectivity index (χ0) is 31.0. The molecule has 8 nitrogen and oxygen atoms in total. The van der Waals surface area contributed by atoms with Gasteiger partial charge in [-0.15, -0.1) is 0 Å². The van der Waals surface area contributed by atoms with E-state index in [1.807, 2.05) is 0 Å². The van der Waals surface area contributed by atoms with Crippen molar-refractivity contribution < 1.29 is 19.1 Å². The number of nitrogens with one attached hydrogen (secondary N) is 2. The lowest BCUT2D eigenvalue weighted by atomic mass is 9.89.